The van der Waals surface area contributed by atoms with Crippen LogP contribution >= 0.6 is 0 Å². The molecule has 0 spiro atoms. The Balaban J connectivity index is 2.14. The van der Waals surface area contributed by atoms with Crippen molar-refractivity contribution in [2.75, 3.05) is 5.32 Å². The maximum atomic E-state index is 10.7. The number of rotatable bonds is 4. The summed E-state index contributed by atoms with van der Waals surface area (Å²) in [4.78, 5) is 10.1. The van der Waals surface area contributed by atoms with E-state index in [-0.39, 0.29) is 11.3 Å². The van der Waals surface area contributed by atoms with Crippen LogP contribution in [0.15, 0.2) is 34.7 Å². The molecule has 6 nitrogen and oxygen atoms in total. The second-order valence-electron chi connectivity index (χ2n) is 3.97. The molecule has 1 aromatic carbocycles. The number of nitriles is 1. The lowest BCUT2D eigenvalue weighted by Crippen LogP contribution is -2.00. The van der Waals surface area contributed by atoms with Gasteiger partial charge in [0, 0.05) is 11.8 Å². The second kappa shape index (κ2) is 5.23. The molecule has 0 atom stereocenters. The summed E-state index contributed by atoms with van der Waals surface area (Å²) in [5.41, 5.74) is 0.476. The zero-order chi connectivity index (χ0) is 13.8. The summed E-state index contributed by atoms with van der Waals surface area (Å²) in [5.74, 6) is 1.58. The van der Waals surface area contributed by atoms with E-state index in [2.05, 4.69) is 5.32 Å². The molecule has 0 radical (unpaired) electrons. The number of benzene rings is 1. The van der Waals surface area contributed by atoms with Gasteiger partial charge in [0.25, 0.3) is 5.69 Å². The van der Waals surface area contributed by atoms with Crippen molar-refractivity contribution in [2.24, 2.45) is 0 Å². The standard InChI is InChI=1S/C13H11N3O3/c1-9-2-4-12(19-9)8-15-11-3-5-13(16(17)18)10(6-11)7-14/h2-6,15H,8H2,1H3. The normalized spacial score (nSPS) is 9.89. The van der Waals surface area contributed by atoms with E-state index in [1.165, 1.54) is 12.1 Å². The van der Waals surface area contributed by atoms with Crippen LogP contribution < -0.4 is 5.32 Å². The van der Waals surface area contributed by atoms with Crippen LogP contribution in [0.3, 0.4) is 0 Å². The minimum atomic E-state index is -0.571. The average Bonchev–Trinajstić information content (AvgIpc) is 2.81. The van der Waals surface area contributed by atoms with Crippen molar-refractivity contribution in [3.8, 4) is 6.07 Å². The zero-order valence-electron chi connectivity index (χ0n) is 10.2. The fourth-order valence-corrected chi connectivity index (χ4v) is 1.66. The molecule has 0 bridgehead atoms. The number of nitrogens with one attached hydrogen (secondary N) is 1. The first-order valence-electron chi connectivity index (χ1n) is 5.58. The van der Waals surface area contributed by atoms with Gasteiger partial charge >= 0.3 is 0 Å². The lowest BCUT2D eigenvalue weighted by molar-refractivity contribution is -0.385. The molecular formula is C13H11N3O3. The molecule has 0 aliphatic rings. The number of anilines is 1. The number of nitrogens with zero attached hydrogens (tertiary/aromatic N) is 2. The fourth-order valence-electron chi connectivity index (χ4n) is 1.66. The third-order valence-electron chi connectivity index (χ3n) is 2.58. The quantitative estimate of drug-likeness (QED) is 0.671. The molecule has 6 heteroatoms. The van der Waals surface area contributed by atoms with Crippen LogP contribution in [0.25, 0.3) is 0 Å². The molecule has 0 amide bonds. The van der Waals surface area contributed by atoms with Gasteiger partial charge in [-0.1, -0.05) is 0 Å². The van der Waals surface area contributed by atoms with Gasteiger partial charge in [-0.3, -0.25) is 10.1 Å². The molecule has 2 aromatic rings. The molecule has 0 aliphatic carbocycles. The molecule has 0 aliphatic heterocycles. The Morgan fingerprint density at radius 1 is 1.42 bits per heavy atom. The molecule has 1 aromatic heterocycles. The van der Waals surface area contributed by atoms with E-state index < -0.39 is 4.92 Å². The van der Waals surface area contributed by atoms with Gasteiger partial charge in [0.05, 0.1) is 11.5 Å². The summed E-state index contributed by atoms with van der Waals surface area (Å²) in [6.07, 6.45) is 0. The summed E-state index contributed by atoms with van der Waals surface area (Å²) in [7, 11) is 0. The molecule has 0 fully saturated rings. The van der Waals surface area contributed by atoms with E-state index in [9.17, 15) is 10.1 Å². The first-order valence-corrected chi connectivity index (χ1v) is 5.58. The Morgan fingerprint density at radius 3 is 2.79 bits per heavy atom. The van der Waals surface area contributed by atoms with Crippen molar-refractivity contribution in [1.29, 1.82) is 5.26 Å². The predicted octanol–water partition coefficient (Wildman–Crippen LogP) is 2.98. The van der Waals surface area contributed by atoms with Gasteiger partial charge in [0.1, 0.15) is 23.2 Å². The molecule has 0 saturated heterocycles. The van der Waals surface area contributed by atoms with Crippen LogP contribution in [-0.2, 0) is 6.54 Å². The number of aryl methyl sites for hydroxylation is 1. The predicted molar refractivity (Wildman–Crippen MR) is 68.6 cm³/mol. The number of furan rings is 1. The van der Waals surface area contributed by atoms with E-state index in [1.807, 2.05) is 25.1 Å². The summed E-state index contributed by atoms with van der Waals surface area (Å²) >= 11 is 0. The van der Waals surface area contributed by atoms with Gasteiger partial charge in [-0.05, 0) is 31.2 Å². The van der Waals surface area contributed by atoms with Gasteiger partial charge in [0.2, 0.25) is 0 Å². The van der Waals surface area contributed by atoms with Crippen molar-refractivity contribution >= 4 is 11.4 Å². The first kappa shape index (κ1) is 12.6. The molecule has 0 unspecified atom stereocenters. The largest absolute Gasteiger partial charge is 0.465 e. The summed E-state index contributed by atoms with van der Waals surface area (Å²) < 4.78 is 5.39. The Hall–Kier alpha value is -2.81. The average molecular weight is 257 g/mol. The summed E-state index contributed by atoms with van der Waals surface area (Å²) in [6, 6.07) is 9.85. The number of hydrogen-bond donors (Lipinski definition) is 1. The minimum absolute atomic E-state index is 0.0330. The van der Waals surface area contributed by atoms with Crippen LogP contribution in [0.2, 0.25) is 0 Å². The zero-order valence-corrected chi connectivity index (χ0v) is 10.2. The highest BCUT2D eigenvalue weighted by Gasteiger charge is 2.13. The molecular weight excluding hydrogens is 246 g/mol. The van der Waals surface area contributed by atoms with E-state index >= 15 is 0 Å². The Morgan fingerprint density at radius 2 is 2.21 bits per heavy atom. The SMILES string of the molecule is Cc1ccc(CNc2ccc([N+](=O)[O-])c(C#N)c2)o1. The topological polar surface area (TPSA) is 92.1 Å². The highest BCUT2D eigenvalue weighted by Crippen LogP contribution is 2.22. The number of nitro groups is 1. The fraction of sp³-hybridized carbons (Fsp3) is 0.154. The third-order valence-corrected chi connectivity index (χ3v) is 2.58. The monoisotopic (exact) mass is 257 g/mol. The maximum Gasteiger partial charge on any atom is 0.287 e. The van der Waals surface area contributed by atoms with Crippen molar-refractivity contribution in [3.05, 3.63) is 57.5 Å². The lowest BCUT2D eigenvalue weighted by Gasteiger charge is -2.04. The Bertz CT molecular complexity index is 655. The highest BCUT2D eigenvalue weighted by atomic mass is 16.6. The van der Waals surface area contributed by atoms with Crippen LogP contribution in [-0.4, -0.2) is 4.92 Å². The van der Waals surface area contributed by atoms with E-state index in [0.717, 1.165) is 11.5 Å². The van der Waals surface area contributed by atoms with Crippen molar-refractivity contribution < 1.29 is 9.34 Å². The van der Waals surface area contributed by atoms with Crippen LogP contribution in [0, 0.1) is 28.4 Å². The van der Waals surface area contributed by atoms with E-state index in [4.69, 9.17) is 9.68 Å². The number of nitro benzene ring substituents is 1. The first-order chi connectivity index (χ1) is 9.10. The van der Waals surface area contributed by atoms with Crippen LogP contribution in [0.4, 0.5) is 11.4 Å². The molecule has 1 heterocycles. The van der Waals surface area contributed by atoms with Crippen molar-refractivity contribution in [3.63, 3.8) is 0 Å². The van der Waals surface area contributed by atoms with Gasteiger partial charge in [-0.25, -0.2) is 0 Å². The highest BCUT2D eigenvalue weighted by molar-refractivity contribution is 5.58. The van der Waals surface area contributed by atoms with Gasteiger partial charge in [-0.2, -0.15) is 5.26 Å². The smallest absolute Gasteiger partial charge is 0.287 e. The Kier molecular flexibility index (Phi) is 3.48. The number of hydrogen-bond acceptors (Lipinski definition) is 5. The Labute approximate surface area is 109 Å². The van der Waals surface area contributed by atoms with Gasteiger partial charge in [-0.15, -0.1) is 0 Å². The van der Waals surface area contributed by atoms with Gasteiger partial charge < -0.3 is 9.73 Å². The van der Waals surface area contributed by atoms with Crippen molar-refractivity contribution in [2.45, 2.75) is 13.5 Å². The summed E-state index contributed by atoms with van der Waals surface area (Å²) in [6.45, 7) is 2.31. The van der Waals surface area contributed by atoms with Crippen LogP contribution in [0.1, 0.15) is 17.1 Å². The van der Waals surface area contributed by atoms with Gasteiger partial charge in [0.15, 0.2) is 0 Å². The van der Waals surface area contributed by atoms with Crippen molar-refractivity contribution in [1.82, 2.24) is 0 Å². The van der Waals surface area contributed by atoms with E-state index in [0.29, 0.717) is 12.2 Å². The third kappa shape index (κ3) is 2.90. The minimum Gasteiger partial charge on any atom is -0.465 e. The molecule has 19 heavy (non-hydrogen) atoms. The molecule has 2 rings (SSSR count). The maximum absolute atomic E-state index is 10.7. The molecule has 1 N–H and O–H groups in total. The van der Waals surface area contributed by atoms with Crippen LogP contribution in [0.5, 0.6) is 0 Å². The lowest BCUT2D eigenvalue weighted by atomic mass is 10.1. The molecule has 0 saturated carbocycles. The summed E-state index contributed by atoms with van der Waals surface area (Å²) in [5, 5.41) is 22.6. The molecule has 96 valence electrons. The second-order valence-corrected chi connectivity index (χ2v) is 3.97. The van der Waals surface area contributed by atoms with E-state index in [1.54, 1.807) is 6.07 Å².